The van der Waals surface area contributed by atoms with Crippen LogP contribution in [0.5, 0.6) is 0 Å². The molecule has 21 heavy (non-hydrogen) atoms. The van der Waals surface area contributed by atoms with Gasteiger partial charge in [-0.15, -0.1) is 0 Å². The maximum Gasteiger partial charge on any atom is 0.230 e. The predicted molar refractivity (Wildman–Crippen MR) is 85.1 cm³/mol. The van der Waals surface area contributed by atoms with E-state index < -0.39 is 0 Å². The molecule has 116 valence electrons. The van der Waals surface area contributed by atoms with Crippen LogP contribution in [0.1, 0.15) is 62.5 Å². The summed E-state index contributed by atoms with van der Waals surface area (Å²) < 4.78 is 0. The molecular formula is C18H27NO2. The Morgan fingerprint density at radius 2 is 1.95 bits per heavy atom. The van der Waals surface area contributed by atoms with Crippen molar-refractivity contribution in [2.45, 2.75) is 58.0 Å². The number of hydrogen-bond donors (Lipinski definition) is 1. The van der Waals surface area contributed by atoms with Crippen LogP contribution in [0.3, 0.4) is 0 Å². The Labute approximate surface area is 128 Å². The Kier molecular flexibility index (Phi) is 6.24. The van der Waals surface area contributed by atoms with E-state index in [2.05, 4.69) is 6.92 Å². The summed E-state index contributed by atoms with van der Waals surface area (Å²) >= 11 is 0. The van der Waals surface area contributed by atoms with Crippen molar-refractivity contribution in [3.8, 4) is 0 Å². The second-order valence-electron chi connectivity index (χ2n) is 5.94. The van der Waals surface area contributed by atoms with Crippen LogP contribution in [0, 0.1) is 0 Å². The molecule has 2 rings (SSSR count). The molecule has 1 amide bonds. The molecule has 0 spiro atoms. The van der Waals surface area contributed by atoms with E-state index in [0.717, 1.165) is 56.3 Å². The van der Waals surface area contributed by atoms with Crippen molar-refractivity contribution in [1.82, 2.24) is 4.90 Å². The van der Waals surface area contributed by atoms with E-state index in [-0.39, 0.29) is 18.4 Å². The van der Waals surface area contributed by atoms with Crippen LogP contribution in [0.15, 0.2) is 24.3 Å². The minimum atomic E-state index is -0.0913. The first-order valence-electron chi connectivity index (χ1n) is 8.25. The van der Waals surface area contributed by atoms with Gasteiger partial charge in [0.1, 0.15) is 0 Å². The standard InChI is InChI=1S/C18H27NO2/c1-2-3-10-17(16-11-6-5-9-15(16)14-20)18(21)19-12-7-4-8-13-19/h5-6,9,11,17,20H,2-4,7-8,10,12-14H2,1H3. The fraction of sp³-hybridized carbons (Fsp3) is 0.611. The first-order chi connectivity index (χ1) is 10.3. The average Bonchev–Trinajstić information content (AvgIpc) is 2.56. The van der Waals surface area contributed by atoms with Crippen molar-refractivity contribution >= 4 is 5.91 Å². The van der Waals surface area contributed by atoms with Gasteiger partial charge in [-0.3, -0.25) is 4.79 Å². The number of aliphatic hydroxyl groups excluding tert-OH is 1. The summed E-state index contributed by atoms with van der Waals surface area (Å²) in [5.74, 6) is 0.162. The van der Waals surface area contributed by atoms with E-state index in [4.69, 9.17) is 0 Å². The lowest BCUT2D eigenvalue weighted by atomic mass is 9.88. The highest BCUT2D eigenvalue weighted by molar-refractivity contribution is 5.84. The number of nitrogens with zero attached hydrogens (tertiary/aromatic N) is 1. The van der Waals surface area contributed by atoms with Crippen molar-refractivity contribution in [3.63, 3.8) is 0 Å². The van der Waals surface area contributed by atoms with Gasteiger partial charge in [-0.25, -0.2) is 0 Å². The van der Waals surface area contributed by atoms with Crippen LogP contribution in [-0.2, 0) is 11.4 Å². The van der Waals surface area contributed by atoms with Gasteiger partial charge in [0.05, 0.1) is 12.5 Å². The summed E-state index contributed by atoms with van der Waals surface area (Å²) in [6.07, 6.45) is 6.48. The summed E-state index contributed by atoms with van der Waals surface area (Å²) in [7, 11) is 0. The monoisotopic (exact) mass is 289 g/mol. The Hall–Kier alpha value is -1.35. The van der Waals surface area contributed by atoms with E-state index >= 15 is 0 Å². The maximum atomic E-state index is 12.9. The van der Waals surface area contributed by atoms with Gasteiger partial charge in [0.25, 0.3) is 0 Å². The Morgan fingerprint density at radius 1 is 1.24 bits per heavy atom. The third-order valence-electron chi connectivity index (χ3n) is 4.41. The largest absolute Gasteiger partial charge is 0.392 e. The zero-order chi connectivity index (χ0) is 15.1. The number of benzene rings is 1. The molecule has 1 fully saturated rings. The number of likely N-dealkylation sites (tertiary alicyclic amines) is 1. The van der Waals surface area contributed by atoms with Gasteiger partial charge in [-0.2, -0.15) is 0 Å². The molecule has 1 N–H and O–H groups in total. The number of aliphatic hydroxyl groups is 1. The molecular weight excluding hydrogens is 262 g/mol. The Balaban J connectivity index is 2.22. The lowest BCUT2D eigenvalue weighted by molar-refractivity contribution is -0.134. The molecule has 1 saturated heterocycles. The van der Waals surface area contributed by atoms with Crippen LogP contribution < -0.4 is 0 Å². The summed E-state index contributed by atoms with van der Waals surface area (Å²) in [6, 6.07) is 7.83. The number of hydrogen-bond acceptors (Lipinski definition) is 2. The molecule has 0 saturated carbocycles. The van der Waals surface area contributed by atoms with E-state index in [1.54, 1.807) is 0 Å². The highest BCUT2D eigenvalue weighted by Crippen LogP contribution is 2.28. The van der Waals surface area contributed by atoms with Crippen molar-refractivity contribution in [2.24, 2.45) is 0 Å². The molecule has 3 nitrogen and oxygen atoms in total. The molecule has 1 heterocycles. The SMILES string of the molecule is CCCCC(C(=O)N1CCCCC1)c1ccccc1CO. The van der Waals surface area contributed by atoms with Crippen LogP contribution in [0.4, 0.5) is 0 Å². The first-order valence-corrected chi connectivity index (χ1v) is 8.25. The molecule has 0 aromatic heterocycles. The summed E-state index contributed by atoms with van der Waals surface area (Å²) in [5, 5.41) is 9.56. The number of amides is 1. The number of unbranched alkanes of at least 4 members (excludes halogenated alkanes) is 1. The summed E-state index contributed by atoms with van der Waals surface area (Å²) in [6.45, 7) is 3.94. The lowest BCUT2D eigenvalue weighted by Crippen LogP contribution is -2.39. The number of rotatable bonds is 6. The second kappa shape index (κ2) is 8.18. The maximum absolute atomic E-state index is 12.9. The fourth-order valence-corrected chi connectivity index (χ4v) is 3.17. The summed E-state index contributed by atoms with van der Waals surface area (Å²) in [5.41, 5.74) is 1.91. The van der Waals surface area contributed by atoms with Gasteiger partial charge in [-0.1, -0.05) is 44.0 Å². The van der Waals surface area contributed by atoms with Crippen LogP contribution in [-0.4, -0.2) is 29.0 Å². The highest BCUT2D eigenvalue weighted by Gasteiger charge is 2.27. The predicted octanol–water partition coefficient (Wildman–Crippen LogP) is 3.47. The molecule has 1 aliphatic rings. The lowest BCUT2D eigenvalue weighted by Gasteiger charge is -2.31. The van der Waals surface area contributed by atoms with Crippen molar-refractivity contribution in [1.29, 1.82) is 0 Å². The van der Waals surface area contributed by atoms with Crippen LogP contribution in [0.2, 0.25) is 0 Å². The molecule has 3 heteroatoms. The van der Waals surface area contributed by atoms with Crippen LogP contribution >= 0.6 is 0 Å². The van der Waals surface area contributed by atoms with Crippen molar-refractivity contribution < 1.29 is 9.90 Å². The second-order valence-corrected chi connectivity index (χ2v) is 5.94. The number of piperidine rings is 1. The highest BCUT2D eigenvalue weighted by atomic mass is 16.3. The van der Waals surface area contributed by atoms with Gasteiger partial charge in [-0.05, 0) is 36.8 Å². The average molecular weight is 289 g/mol. The quantitative estimate of drug-likeness (QED) is 0.871. The van der Waals surface area contributed by atoms with Gasteiger partial charge in [0.15, 0.2) is 0 Å². The number of carbonyl (C=O) groups is 1. The van der Waals surface area contributed by atoms with E-state index in [1.165, 1.54) is 6.42 Å². The minimum absolute atomic E-state index is 0.00603. The molecule has 1 atom stereocenters. The molecule has 1 aromatic rings. The topological polar surface area (TPSA) is 40.5 Å². The Bertz CT molecular complexity index is 452. The fourth-order valence-electron chi connectivity index (χ4n) is 3.17. The van der Waals surface area contributed by atoms with Gasteiger partial charge in [0, 0.05) is 13.1 Å². The molecule has 1 aliphatic heterocycles. The Morgan fingerprint density at radius 3 is 2.62 bits per heavy atom. The third kappa shape index (κ3) is 4.07. The van der Waals surface area contributed by atoms with Gasteiger partial charge >= 0.3 is 0 Å². The van der Waals surface area contributed by atoms with Crippen molar-refractivity contribution in [3.05, 3.63) is 35.4 Å². The third-order valence-corrected chi connectivity index (χ3v) is 4.41. The smallest absolute Gasteiger partial charge is 0.230 e. The van der Waals surface area contributed by atoms with Gasteiger partial charge in [0.2, 0.25) is 5.91 Å². The van der Waals surface area contributed by atoms with Gasteiger partial charge < -0.3 is 10.0 Å². The normalized spacial score (nSPS) is 16.8. The zero-order valence-corrected chi connectivity index (χ0v) is 13.1. The van der Waals surface area contributed by atoms with Crippen molar-refractivity contribution in [2.75, 3.05) is 13.1 Å². The molecule has 0 radical (unpaired) electrons. The first kappa shape index (κ1) is 16.0. The van der Waals surface area contributed by atoms with Crippen LogP contribution in [0.25, 0.3) is 0 Å². The zero-order valence-electron chi connectivity index (χ0n) is 13.1. The molecule has 1 unspecified atom stereocenters. The molecule has 0 aliphatic carbocycles. The van der Waals surface area contributed by atoms with E-state index in [1.807, 2.05) is 29.2 Å². The van der Waals surface area contributed by atoms with E-state index in [0.29, 0.717) is 0 Å². The molecule has 1 aromatic carbocycles. The molecule has 0 bridgehead atoms. The summed E-state index contributed by atoms with van der Waals surface area (Å²) in [4.78, 5) is 14.9. The minimum Gasteiger partial charge on any atom is -0.392 e. The van der Waals surface area contributed by atoms with E-state index in [9.17, 15) is 9.90 Å². The number of carbonyl (C=O) groups excluding carboxylic acids is 1.